The molecule has 2 N–H and O–H groups in total. The van der Waals surface area contributed by atoms with Gasteiger partial charge in [0.1, 0.15) is 0 Å². The molecule has 1 atom stereocenters. The van der Waals surface area contributed by atoms with Gasteiger partial charge in [-0.1, -0.05) is 6.92 Å². The zero-order valence-corrected chi connectivity index (χ0v) is 14.4. The molecule has 1 aromatic rings. The van der Waals surface area contributed by atoms with Gasteiger partial charge in [0.15, 0.2) is 5.96 Å². The molecule has 0 bridgehead atoms. The van der Waals surface area contributed by atoms with Crippen molar-refractivity contribution in [1.82, 2.24) is 25.3 Å². The fourth-order valence-corrected chi connectivity index (χ4v) is 2.82. The van der Waals surface area contributed by atoms with Crippen molar-refractivity contribution in [3.63, 3.8) is 0 Å². The molecule has 2 heterocycles. The summed E-state index contributed by atoms with van der Waals surface area (Å²) in [5, 5.41) is 10.9. The molecule has 0 radical (unpaired) electrons. The molecular weight excluding hydrogens is 292 g/mol. The van der Waals surface area contributed by atoms with E-state index in [4.69, 9.17) is 0 Å². The monoisotopic (exact) mass is 320 g/mol. The SMILES string of the molecule is CCC(=O)N1CCC(NC(=NC)NCCCc2cnn(C)c2)C1. The number of nitrogens with zero attached hydrogens (tertiary/aromatic N) is 4. The van der Waals surface area contributed by atoms with Crippen LogP contribution in [0.5, 0.6) is 0 Å². The topological polar surface area (TPSA) is 74.6 Å². The van der Waals surface area contributed by atoms with Gasteiger partial charge in [0.25, 0.3) is 0 Å². The lowest BCUT2D eigenvalue weighted by Crippen LogP contribution is -2.45. The van der Waals surface area contributed by atoms with E-state index in [0.29, 0.717) is 6.42 Å². The second-order valence-electron chi connectivity index (χ2n) is 5.95. The van der Waals surface area contributed by atoms with E-state index in [-0.39, 0.29) is 11.9 Å². The van der Waals surface area contributed by atoms with E-state index in [9.17, 15) is 4.79 Å². The largest absolute Gasteiger partial charge is 0.356 e. The number of amides is 1. The van der Waals surface area contributed by atoms with Gasteiger partial charge in [0, 0.05) is 52.4 Å². The Kier molecular flexibility index (Phi) is 6.43. The zero-order chi connectivity index (χ0) is 16.7. The number of likely N-dealkylation sites (tertiary alicyclic amines) is 1. The molecule has 0 aromatic carbocycles. The molecule has 1 amide bonds. The highest BCUT2D eigenvalue weighted by atomic mass is 16.2. The predicted octanol–water partition coefficient (Wildman–Crippen LogP) is 0.529. The van der Waals surface area contributed by atoms with Crippen LogP contribution in [0, 0.1) is 0 Å². The molecule has 1 aliphatic rings. The lowest BCUT2D eigenvalue weighted by molar-refractivity contribution is -0.129. The number of nitrogens with one attached hydrogen (secondary N) is 2. The van der Waals surface area contributed by atoms with E-state index in [1.807, 2.05) is 35.9 Å². The molecule has 1 fully saturated rings. The zero-order valence-electron chi connectivity index (χ0n) is 14.4. The summed E-state index contributed by atoms with van der Waals surface area (Å²) in [4.78, 5) is 17.9. The van der Waals surface area contributed by atoms with Crippen LogP contribution in [0.15, 0.2) is 17.4 Å². The Morgan fingerprint density at radius 2 is 2.35 bits per heavy atom. The number of hydrogen-bond donors (Lipinski definition) is 2. The third-order valence-electron chi connectivity index (χ3n) is 4.10. The van der Waals surface area contributed by atoms with Gasteiger partial charge in [0.05, 0.1) is 6.20 Å². The van der Waals surface area contributed by atoms with Crippen molar-refractivity contribution in [2.24, 2.45) is 12.0 Å². The van der Waals surface area contributed by atoms with Crippen molar-refractivity contribution in [3.8, 4) is 0 Å². The molecule has 1 aromatic heterocycles. The summed E-state index contributed by atoms with van der Waals surface area (Å²) in [7, 11) is 3.71. The van der Waals surface area contributed by atoms with Crippen molar-refractivity contribution in [3.05, 3.63) is 18.0 Å². The van der Waals surface area contributed by atoms with Crippen LogP contribution in [0.2, 0.25) is 0 Å². The van der Waals surface area contributed by atoms with Crippen molar-refractivity contribution >= 4 is 11.9 Å². The Morgan fingerprint density at radius 1 is 1.52 bits per heavy atom. The molecule has 1 saturated heterocycles. The van der Waals surface area contributed by atoms with Gasteiger partial charge in [-0.3, -0.25) is 14.5 Å². The van der Waals surface area contributed by atoms with Gasteiger partial charge in [0.2, 0.25) is 5.91 Å². The number of aromatic nitrogens is 2. The van der Waals surface area contributed by atoms with Crippen molar-refractivity contribution in [2.45, 2.75) is 38.6 Å². The van der Waals surface area contributed by atoms with Crippen LogP contribution < -0.4 is 10.6 Å². The maximum atomic E-state index is 11.7. The maximum Gasteiger partial charge on any atom is 0.222 e. The average Bonchev–Trinajstić information content (AvgIpc) is 3.18. The Bertz CT molecular complexity index is 538. The first kappa shape index (κ1) is 17.3. The van der Waals surface area contributed by atoms with E-state index in [1.165, 1.54) is 5.56 Å². The average molecular weight is 320 g/mol. The van der Waals surface area contributed by atoms with E-state index in [2.05, 4.69) is 20.7 Å². The third kappa shape index (κ3) is 5.26. The second-order valence-corrected chi connectivity index (χ2v) is 5.95. The molecule has 7 heteroatoms. The first-order valence-corrected chi connectivity index (χ1v) is 8.34. The number of carbonyl (C=O) groups is 1. The van der Waals surface area contributed by atoms with E-state index in [0.717, 1.165) is 44.9 Å². The highest BCUT2D eigenvalue weighted by Crippen LogP contribution is 2.10. The number of carbonyl (C=O) groups excluding carboxylic acids is 1. The van der Waals surface area contributed by atoms with Crippen LogP contribution in [0.3, 0.4) is 0 Å². The van der Waals surface area contributed by atoms with Crippen LogP contribution in [0.1, 0.15) is 31.7 Å². The summed E-state index contributed by atoms with van der Waals surface area (Å²) in [6.45, 7) is 4.37. The highest BCUT2D eigenvalue weighted by Gasteiger charge is 2.25. The standard InChI is InChI=1S/C16H28N6O/c1-4-15(23)22-9-7-14(12-22)20-16(17-2)18-8-5-6-13-10-19-21(3)11-13/h10-11,14H,4-9,12H2,1-3H3,(H2,17,18,20). The van der Waals surface area contributed by atoms with Crippen LogP contribution >= 0.6 is 0 Å². The molecule has 0 spiro atoms. The van der Waals surface area contributed by atoms with Gasteiger partial charge < -0.3 is 15.5 Å². The Hall–Kier alpha value is -2.05. The number of aliphatic imine (C=N–C) groups is 1. The van der Waals surface area contributed by atoms with Crippen molar-refractivity contribution < 1.29 is 4.79 Å². The lowest BCUT2D eigenvalue weighted by Gasteiger charge is -2.18. The molecule has 2 rings (SSSR count). The van der Waals surface area contributed by atoms with E-state index in [1.54, 1.807) is 7.05 Å². The minimum absolute atomic E-state index is 0.230. The summed E-state index contributed by atoms with van der Waals surface area (Å²) in [5.74, 6) is 1.04. The summed E-state index contributed by atoms with van der Waals surface area (Å²) in [6.07, 6.45) is 7.53. The van der Waals surface area contributed by atoms with Crippen LogP contribution in [0.25, 0.3) is 0 Å². The fraction of sp³-hybridized carbons (Fsp3) is 0.688. The smallest absolute Gasteiger partial charge is 0.222 e. The Balaban J connectivity index is 1.67. The highest BCUT2D eigenvalue weighted by molar-refractivity contribution is 5.80. The Morgan fingerprint density at radius 3 is 3.00 bits per heavy atom. The summed E-state index contributed by atoms with van der Waals surface area (Å²) in [5.41, 5.74) is 1.25. The predicted molar refractivity (Wildman–Crippen MR) is 91.3 cm³/mol. The molecule has 0 saturated carbocycles. The number of rotatable bonds is 6. The van der Waals surface area contributed by atoms with E-state index >= 15 is 0 Å². The maximum absolute atomic E-state index is 11.7. The van der Waals surface area contributed by atoms with Gasteiger partial charge in [-0.25, -0.2) is 0 Å². The van der Waals surface area contributed by atoms with Crippen molar-refractivity contribution in [2.75, 3.05) is 26.7 Å². The van der Waals surface area contributed by atoms with Crippen LogP contribution in [-0.2, 0) is 18.3 Å². The molecule has 0 aliphatic carbocycles. The molecular formula is C16H28N6O. The number of aryl methyl sites for hydroxylation is 2. The first-order chi connectivity index (χ1) is 11.1. The number of hydrogen-bond acceptors (Lipinski definition) is 3. The molecule has 23 heavy (non-hydrogen) atoms. The fourth-order valence-electron chi connectivity index (χ4n) is 2.82. The lowest BCUT2D eigenvalue weighted by atomic mass is 10.2. The van der Waals surface area contributed by atoms with Gasteiger partial charge in [-0.15, -0.1) is 0 Å². The molecule has 7 nitrogen and oxygen atoms in total. The summed E-state index contributed by atoms with van der Waals surface area (Å²) >= 11 is 0. The first-order valence-electron chi connectivity index (χ1n) is 8.34. The molecule has 1 aliphatic heterocycles. The van der Waals surface area contributed by atoms with Crippen LogP contribution in [0.4, 0.5) is 0 Å². The summed E-state index contributed by atoms with van der Waals surface area (Å²) in [6, 6.07) is 0.287. The van der Waals surface area contributed by atoms with Crippen molar-refractivity contribution in [1.29, 1.82) is 0 Å². The number of guanidine groups is 1. The van der Waals surface area contributed by atoms with Gasteiger partial charge >= 0.3 is 0 Å². The summed E-state index contributed by atoms with van der Waals surface area (Å²) < 4.78 is 1.83. The van der Waals surface area contributed by atoms with Gasteiger partial charge in [-0.05, 0) is 24.8 Å². The molecule has 1 unspecified atom stereocenters. The van der Waals surface area contributed by atoms with Gasteiger partial charge in [-0.2, -0.15) is 5.10 Å². The minimum Gasteiger partial charge on any atom is -0.356 e. The molecule has 128 valence electrons. The van der Waals surface area contributed by atoms with Crippen LogP contribution in [-0.4, -0.2) is 59.3 Å². The van der Waals surface area contributed by atoms with E-state index < -0.39 is 0 Å². The minimum atomic E-state index is 0.230. The normalized spacial score (nSPS) is 18.3. The quantitative estimate of drug-likeness (QED) is 0.455. The Labute approximate surface area is 138 Å². The third-order valence-corrected chi connectivity index (χ3v) is 4.10. The second kappa shape index (κ2) is 8.55.